The normalized spacial score (nSPS) is 11.3. The monoisotopic (exact) mass is 374 g/mol. The van der Waals surface area contributed by atoms with Gasteiger partial charge in [0.1, 0.15) is 0 Å². The molecule has 0 spiro atoms. The first kappa shape index (κ1) is 15.3. The average Bonchev–Trinajstić information content (AvgIpc) is 2.43. The fourth-order valence-electron chi connectivity index (χ4n) is 1.58. The summed E-state index contributed by atoms with van der Waals surface area (Å²) < 4.78 is 27.7. The summed E-state index contributed by atoms with van der Waals surface area (Å²) in [5, 5.41) is 0.329. The Kier molecular flexibility index (Phi) is 4.70. The van der Waals surface area contributed by atoms with Crippen molar-refractivity contribution in [2.24, 2.45) is 5.73 Å². The van der Waals surface area contributed by atoms with Gasteiger partial charge in [-0.1, -0.05) is 39.7 Å². The molecule has 0 saturated heterocycles. The highest BCUT2D eigenvalue weighted by atomic mass is 79.9. The molecule has 0 aromatic heterocycles. The van der Waals surface area contributed by atoms with Crippen LogP contribution in [0, 0.1) is 0 Å². The van der Waals surface area contributed by atoms with Crippen LogP contribution in [0.1, 0.15) is 5.56 Å². The van der Waals surface area contributed by atoms with E-state index in [0.717, 1.165) is 10.0 Å². The third-order valence-corrected chi connectivity index (χ3v) is 4.85. The van der Waals surface area contributed by atoms with Crippen LogP contribution < -0.4 is 10.5 Å². The second-order valence-electron chi connectivity index (χ2n) is 4.08. The van der Waals surface area contributed by atoms with E-state index in [-0.39, 0.29) is 4.90 Å². The van der Waals surface area contributed by atoms with E-state index in [9.17, 15) is 8.42 Å². The molecule has 0 aliphatic rings. The molecule has 106 valence electrons. The number of nitrogens with one attached hydrogen (secondary N) is 1. The smallest absolute Gasteiger partial charge is 0.261 e. The van der Waals surface area contributed by atoms with Crippen molar-refractivity contribution in [2.75, 3.05) is 4.72 Å². The summed E-state index contributed by atoms with van der Waals surface area (Å²) in [4.78, 5) is 0.158. The van der Waals surface area contributed by atoms with Gasteiger partial charge in [-0.2, -0.15) is 0 Å². The Morgan fingerprint density at radius 1 is 1.15 bits per heavy atom. The van der Waals surface area contributed by atoms with Gasteiger partial charge in [0.2, 0.25) is 0 Å². The molecule has 0 bridgehead atoms. The van der Waals surface area contributed by atoms with Crippen LogP contribution in [0.4, 0.5) is 5.69 Å². The Labute approximate surface area is 131 Å². The van der Waals surface area contributed by atoms with Gasteiger partial charge >= 0.3 is 0 Å². The molecule has 0 atom stereocenters. The minimum absolute atomic E-state index is 0.158. The van der Waals surface area contributed by atoms with Crippen molar-refractivity contribution in [2.45, 2.75) is 11.4 Å². The Bertz CT molecular complexity index is 718. The maximum atomic E-state index is 12.2. The van der Waals surface area contributed by atoms with Crippen LogP contribution in [0.2, 0.25) is 5.02 Å². The van der Waals surface area contributed by atoms with Crippen molar-refractivity contribution >= 4 is 43.2 Å². The molecule has 0 fully saturated rings. The van der Waals surface area contributed by atoms with Crippen molar-refractivity contribution in [3.8, 4) is 0 Å². The van der Waals surface area contributed by atoms with Crippen molar-refractivity contribution < 1.29 is 8.42 Å². The number of rotatable bonds is 4. The van der Waals surface area contributed by atoms with Gasteiger partial charge in [-0.25, -0.2) is 8.42 Å². The van der Waals surface area contributed by atoms with Gasteiger partial charge in [-0.05, 0) is 35.9 Å². The molecule has 2 aromatic carbocycles. The zero-order valence-electron chi connectivity index (χ0n) is 10.3. The van der Waals surface area contributed by atoms with Gasteiger partial charge < -0.3 is 5.73 Å². The molecule has 0 heterocycles. The zero-order chi connectivity index (χ0) is 14.8. The second-order valence-corrected chi connectivity index (χ2v) is 7.08. The molecule has 7 heteroatoms. The number of hydrogen-bond donors (Lipinski definition) is 2. The van der Waals surface area contributed by atoms with Gasteiger partial charge in [0, 0.05) is 11.0 Å². The lowest BCUT2D eigenvalue weighted by Crippen LogP contribution is -2.13. The number of benzene rings is 2. The predicted molar refractivity (Wildman–Crippen MR) is 84.3 cm³/mol. The first-order valence-electron chi connectivity index (χ1n) is 5.69. The quantitative estimate of drug-likeness (QED) is 0.860. The SMILES string of the molecule is NCc1ccc(S(=O)(=O)Nc2cc(Br)ccc2Cl)cc1. The summed E-state index contributed by atoms with van der Waals surface area (Å²) >= 11 is 9.24. The van der Waals surface area contributed by atoms with E-state index >= 15 is 0 Å². The topological polar surface area (TPSA) is 72.2 Å². The summed E-state index contributed by atoms with van der Waals surface area (Å²) in [5.41, 5.74) is 6.67. The lowest BCUT2D eigenvalue weighted by Gasteiger charge is -2.10. The Morgan fingerprint density at radius 2 is 1.80 bits per heavy atom. The molecule has 3 N–H and O–H groups in total. The summed E-state index contributed by atoms with van der Waals surface area (Å²) in [6.45, 7) is 0.366. The maximum absolute atomic E-state index is 12.2. The fraction of sp³-hybridized carbons (Fsp3) is 0.0769. The fourth-order valence-corrected chi connectivity index (χ4v) is 3.24. The van der Waals surface area contributed by atoms with Crippen molar-refractivity contribution in [1.82, 2.24) is 0 Å². The average molecular weight is 376 g/mol. The Morgan fingerprint density at radius 3 is 2.40 bits per heavy atom. The highest BCUT2D eigenvalue weighted by Crippen LogP contribution is 2.27. The predicted octanol–water partition coefficient (Wildman–Crippen LogP) is 3.36. The molecule has 0 aliphatic heterocycles. The standard InChI is InChI=1S/C13H12BrClN2O2S/c14-10-3-6-12(15)13(7-10)17-20(18,19)11-4-1-9(8-16)2-5-11/h1-7,17H,8,16H2. The number of hydrogen-bond acceptors (Lipinski definition) is 3. The zero-order valence-corrected chi connectivity index (χ0v) is 13.5. The van der Waals surface area contributed by atoms with Crippen LogP contribution in [-0.4, -0.2) is 8.42 Å². The third kappa shape index (κ3) is 3.52. The first-order valence-corrected chi connectivity index (χ1v) is 8.34. The van der Waals surface area contributed by atoms with Crippen molar-refractivity contribution in [3.63, 3.8) is 0 Å². The summed E-state index contributed by atoms with van der Waals surface area (Å²) in [6, 6.07) is 11.3. The lowest BCUT2D eigenvalue weighted by atomic mass is 10.2. The molecule has 0 unspecified atom stereocenters. The first-order chi connectivity index (χ1) is 9.42. The van der Waals surface area contributed by atoms with Crippen LogP contribution in [0.5, 0.6) is 0 Å². The van der Waals surface area contributed by atoms with E-state index in [1.54, 1.807) is 30.3 Å². The van der Waals surface area contributed by atoms with E-state index < -0.39 is 10.0 Å². The molecule has 0 amide bonds. The molecule has 4 nitrogen and oxygen atoms in total. The van der Waals surface area contributed by atoms with Crippen LogP contribution >= 0.6 is 27.5 Å². The molecule has 20 heavy (non-hydrogen) atoms. The summed E-state index contributed by atoms with van der Waals surface area (Å²) in [5.74, 6) is 0. The largest absolute Gasteiger partial charge is 0.326 e. The minimum Gasteiger partial charge on any atom is -0.326 e. The van der Waals surface area contributed by atoms with Crippen LogP contribution in [0.3, 0.4) is 0 Å². The minimum atomic E-state index is -3.67. The van der Waals surface area contributed by atoms with Crippen molar-refractivity contribution in [1.29, 1.82) is 0 Å². The van der Waals surface area contributed by atoms with E-state index in [1.807, 2.05) is 0 Å². The molecule has 0 radical (unpaired) electrons. The number of halogens is 2. The highest BCUT2D eigenvalue weighted by molar-refractivity contribution is 9.10. The van der Waals surface area contributed by atoms with Gasteiger partial charge in [-0.3, -0.25) is 4.72 Å². The van der Waals surface area contributed by atoms with Crippen LogP contribution in [0.25, 0.3) is 0 Å². The van der Waals surface area contributed by atoms with Gasteiger partial charge in [0.25, 0.3) is 10.0 Å². The van der Waals surface area contributed by atoms with Gasteiger partial charge in [-0.15, -0.1) is 0 Å². The molecule has 2 rings (SSSR count). The van der Waals surface area contributed by atoms with Crippen LogP contribution in [0.15, 0.2) is 51.8 Å². The number of sulfonamides is 1. The molecule has 0 aliphatic carbocycles. The highest BCUT2D eigenvalue weighted by Gasteiger charge is 2.15. The maximum Gasteiger partial charge on any atom is 0.261 e. The van der Waals surface area contributed by atoms with Gasteiger partial charge in [0.15, 0.2) is 0 Å². The van der Waals surface area contributed by atoms with E-state index in [1.165, 1.54) is 12.1 Å². The number of anilines is 1. The number of nitrogens with two attached hydrogens (primary N) is 1. The van der Waals surface area contributed by atoms with Gasteiger partial charge in [0.05, 0.1) is 15.6 Å². The Hall–Kier alpha value is -1.08. The van der Waals surface area contributed by atoms with Crippen LogP contribution in [-0.2, 0) is 16.6 Å². The van der Waals surface area contributed by atoms with Crippen molar-refractivity contribution in [3.05, 3.63) is 57.5 Å². The molecule has 2 aromatic rings. The summed E-state index contributed by atoms with van der Waals surface area (Å²) in [6.07, 6.45) is 0. The molecular formula is C13H12BrClN2O2S. The second kappa shape index (κ2) is 6.13. The molecule has 0 saturated carbocycles. The lowest BCUT2D eigenvalue weighted by molar-refractivity contribution is 0.601. The molecular weight excluding hydrogens is 364 g/mol. The third-order valence-electron chi connectivity index (χ3n) is 2.64. The van der Waals surface area contributed by atoms with E-state index in [4.69, 9.17) is 17.3 Å². The van der Waals surface area contributed by atoms with E-state index in [0.29, 0.717) is 17.3 Å². The Balaban J connectivity index is 2.32. The summed E-state index contributed by atoms with van der Waals surface area (Å²) in [7, 11) is -3.67. The van der Waals surface area contributed by atoms with E-state index in [2.05, 4.69) is 20.7 Å².